The minimum atomic E-state index is -1.19. The number of pyridine rings is 1. The Morgan fingerprint density at radius 3 is 2.84 bits per heavy atom. The first-order valence-corrected chi connectivity index (χ1v) is 10.0. The summed E-state index contributed by atoms with van der Waals surface area (Å²) in [5.41, 5.74) is 7.21. The second-order valence-corrected chi connectivity index (χ2v) is 7.70. The molecule has 10 nitrogen and oxygen atoms in total. The van der Waals surface area contributed by atoms with Gasteiger partial charge in [-0.2, -0.15) is 0 Å². The molecule has 1 saturated heterocycles. The van der Waals surface area contributed by atoms with E-state index >= 15 is 0 Å². The van der Waals surface area contributed by atoms with Crippen LogP contribution in [-0.4, -0.2) is 54.7 Å². The van der Waals surface area contributed by atoms with Crippen LogP contribution in [0.1, 0.15) is 6.23 Å². The van der Waals surface area contributed by atoms with Gasteiger partial charge >= 0.3 is 0 Å². The first-order chi connectivity index (χ1) is 15.5. The molecule has 4 atom stereocenters. The van der Waals surface area contributed by atoms with Crippen molar-refractivity contribution in [3.05, 3.63) is 59.4 Å². The van der Waals surface area contributed by atoms with Gasteiger partial charge in [-0.1, -0.05) is 11.6 Å². The van der Waals surface area contributed by atoms with Gasteiger partial charge in [-0.3, -0.25) is 4.98 Å². The zero-order valence-corrected chi connectivity index (χ0v) is 17.2. The van der Waals surface area contributed by atoms with Crippen LogP contribution in [0, 0.1) is 6.57 Å². The molecular weight excluding hydrogens is 436 g/mol. The Morgan fingerprint density at radius 1 is 1.19 bits per heavy atom. The number of hydrogen-bond donors (Lipinski definition) is 3. The number of halogens is 1. The lowest BCUT2D eigenvalue weighted by atomic mass is 10.1. The predicted octanol–water partition coefficient (Wildman–Crippen LogP) is 2.46. The van der Waals surface area contributed by atoms with Crippen molar-refractivity contribution < 1.29 is 19.7 Å². The van der Waals surface area contributed by atoms with E-state index in [-0.39, 0.29) is 12.3 Å². The average molecular weight is 453 g/mol. The molecule has 162 valence electrons. The molecule has 4 aromatic rings. The topological polar surface area (TPSA) is 133 Å². The van der Waals surface area contributed by atoms with Crippen molar-refractivity contribution in [1.29, 1.82) is 0 Å². The third-order valence-electron chi connectivity index (χ3n) is 5.44. The quantitative estimate of drug-likeness (QED) is 0.402. The first-order valence-electron chi connectivity index (χ1n) is 9.65. The standard InChI is InChI=1S/C21H17ClN6O4/c1-24-14-7-25-13-6-10(2-3-11(13)16(14)22)31-8-15-17(29)18(30)21(32-15)28-5-4-12-19(23)26-9-27-20(12)28/h2-7,9,15,17-18,21,29-30H,8H2,(H2,23,26,27)/t15-,17-,18-,21-/m1/s1. The first kappa shape index (κ1) is 20.4. The third-order valence-corrected chi connectivity index (χ3v) is 5.84. The molecule has 32 heavy (non-hydrogen) atoms. The highest BCUT2D eigenvalue weighted by atomic mass is 35.5. The molecule has 0 spiro atoms. The Hall–Kier alpha value is -3.49. The summed E-state index contributed by atoms with van der Waals surface area (Å²) in [4.78, 5) is 15.7. The van der Waals surface area contributed by atoms with E-state index in [0.29, 0.717) is 38.5 Å². The SMILES string of the molecule is [C-]#[N+]c1cnc2cc(OC[C@H]3O[C@@H](n4ccc5c(N)ncnc54)[C@H](O)[C@@H]3O)ccc2c1Cl. The summed E-state index contributed by atoms with van der Waals surface area (Å²) in [6, 6.07) is 6.82. The summed E-state index contributed by atoms with van der Waals surface area (Å²) >= 11 is 6.23. The van der Waals surface area contributed by atoms with Gasteiger partial charge in [0.1, 0.15) is 48.5 Å². The van der Waals surface area contributed by atoms with Crippen LogP contribution in [0.5, 0.6) is 5.75 Å². The molecule has 0 saturated carbocycles. The number of aliphatic hydroxyl groups excluding tert-OH is 2. The Bertz CT molecular complexity index is 1370. The molecule has 0 unspecified atom stereocenters. The lowest BCUT2D eigenvalue weighted by Gasteiger charge is -2.17. The van der Waals surface area contributed by atoms with E-state index in [4.69, 9.17) is 33.4 Å². The number of nitrogens with two attached hydrogens (primary N) is 1. The lowest BCUT2D eigenvalue weighted by Crippen LogP contribution is -2.34. The van der Waals surface area contributed by atoms with Gasteiger partial charge in [0.05, 0.1) is 22.5 Å². The lowest BCUT2D eigenvalue weighted by molar-refractivity contribution is -0.0471. The summed E-state index contributed by atoms with van der Waals surface area (Å²) in [5, 5.41) is 22.7. The summed E-state index contributed by atoms with van der Waals surface area (Å²) in [5.74, 6) is 0.799. The van der Waals surface area contributed by atoms with E-state index in [1.165, 1.54) is 12.5 Å². The van der Waals surface area contributed by atoms with Crippen LogP contribution in [0.2, 0.25) is 5.02 Å². The average Bonchev–Trinajstić information content (AvgIpc) is 3.35. The number of ether oxygens (including phenoxy) is 2. The van der Waals surface area contributed by atoms with Gasteiger partial charge in [0.2, 0.25) is 5.69 Å². The van der Waals surface area contributed by atoms with Crippen molar-refractivity contribution in [3.8, 4) is 5.75 Å². The Kier molecular flexibility index (Phi) is 5.03. The summed E-state index contributed by atoms with van der Waals surface area (Å²) < 4.78 is 13.3. The predicted molar refractivity (Wildman–Crippen MR) is 116 cm³/mol. The van der Waals surface area contributed by atoms with E-state index in [1.807, 2.05) is 0 Å². The second kappa shape index (κ2) is 7.89. The molecule has 11 heteroatoms. The minimum Gasteiger partial charge on any atom is -0.491 e. The maximum absolute atomic E-state index is 10.6. The largest absolute Gasteiger partial charge is 0.491 e. The van der Waals surface area contributed by atoms with Crippen LogP contribution in [0.25, 0.3) is 26.8 Å². The molecule has 0 bridgehead atoms. The third kappa shape index (κ3) is 3.28. The number of aliphatic hydroxyl groups is 2. The van der Waals surface area contributed by atoms with Gasteiger partial charge in [-0.25, -0.2) is 14.8 Å². The molecule has 0 radical (unpaired) electrons. The normalized spacial score (nSPS) is 22.9. The van der Waals surface area contributed by atoms with Gasteiger partial charge in [0.15, 0.2) is 6.23 Å². The fourth-order valence-electron chi connectivity index (χ4n) is 3.77. The van der Waals surface area contributed by atoms with E-state index in [9.17, 15) is 10.2 Å². The van der Waals surface area contributed by atoms with Crippen LogP contribution in [-0.2, 0) is 4.74 Å². The monoisotopic (exact) mass is 452 g/mol. The number of fused-ring (bicyclic) bond motifs is 2. The Balaban J connectivity index is 1.34. The van der Waals surface area contributed by atoms with Crippen molar-refractivity contribution in [1.82, 2.24) is 19.5 Å². The van der Waals surface area contributed by atoms with Crippen LogP contribution in [0.3, 0.4) is 0 Å². The number of nitrogens with zero attached hydrogens (tertiary/aromatic N) is 5. The van der Waals surface area contributed by atoms with Gasteiger partial charge < -0.3 is 30.0 Å². The second-order valence-electron chi connectivity index (χ2n) is 7.32. The van der Waals surface area contributed by atoms with Crippen molar-refractivity contribution in [3.63, 3.8) is 0 Å². The van der Waals surface area contributed by atoms with Crippen LogP contribution in [0.4, 0.5) is 11.5 Å². The van der Waals surface area contributed by atoms with Crippen molar-refractivity contribution >= 4 is 45.0 Å². The highest BCUT2D eigenvalue weighted by Crippen LogP contribution is 2.35. The molecule has 5 rings (SSSR count). The maximum Gasteiger partial charge on any atom is 0.223 e. The fraction of sp³-hybridized carbons (Fsp3) is 0.238. The molecule has 1 fully saturated rings. The van der Waals surface area contributed by atoms with Gasteiger partial charge in [-0.15, -0.1) is 0 Å². The van der Waals surface area contributed by atoms with Crippen LogP contribution < -0.4 is 10.5 Å². The van der Waals surface area contributed by atoms with E-state index in [0.717, 1.165) is 0 Å². The molecule has 1 aliphatic rings. The molecule has 4 heterocycles. The smallest absolute Gasteiger partial charge is 0.223 e. The molecule has 1 aromatic carbocycles. The number of aromatic nitrogens is 4. The number of hydrogen-bond acceptors (Lipinski definition) is 8. The van der Waals surface area contributed by atoms with E-state index in [1.54, 1.807) is 35.0 Å². The molecule has 0 amide bonds. The highest BCUT2D eigenvalue weighted by molar-refractivity contribution is 6.38. The van der Waals surface area contributed by atoms with Gasteiger partial charge in [0, 0.05) is 23.8 Å². The number of nitrogen functional groups attached to an aromatic ring is 1. The van der Waals surface area contributed by atoms with Crippen molar-refractivity contribution in [2.45, 2.75) is 24.5 Å². The summed E-state index contributed by atoms with van der Waals surface area (Å²) in [7, 11) is 0. The molecule has 3 aromatic heterocycles. The molecule has 4 N–H and O–H groups in total. The maximum atomic E-state index is 10.6. The van der Waals surface area contributed by atoms with Crippen LogP contribution in [0.15, 0.2) is 43.0 Å². The highest BCUT2D eigenvalue weighted by Gasteiger charge is 2.44. The Morgan fingerprint density at radius 2 is 2.03 bits per heavy atom. The summed E-state index contributed by atoms with van der Waals surface area (Å²) in [6.45, 7) is 7.12. The zero-order valence-electron chi connectivity index (χ0n) is 16.5. The van der Waals surface area contributed by atoms with E-state index in [2.05, 4.69) is 19.8 Å². The number of rotatable bonds is 4. The molecular formula is C21H17ClN6O4. The summed E-state index contributed by atoms with van der Waals surface area (Å²) in [6.07, 6.45) is 0.385. The minimum absolute atomic E-state index is 0.00950. The Labute approximate surface area is 186 Å². The van der Waals surface area contributed by atoms with Crippen molar-refractivity contribution in [2.24, 2.45) is 0 Å². The molecule has 1 aliphatic heterocycles. The molecule has 0 aliphatic carbocycles. The van der Waals surface area contributed by atoms with Crippen LogP contribution >= 0.6 is 11.6 Å². The van der Waals surface area contributed by atoms with Crippen molar-refractivity contribution in [2.75, 3.05) is 12.3 Å². The van der Waals surface area contributed by atoms with Gasteiger partial charge in [0.25, 0.3) is 0 Å². The van der Waals surface area contributed by atoms with Gasteiger partial charge in [-0.05, 0) is 18.2 Å². The zero-order chi connectivity index (χ0) is 22.4. The number of benzene rings is 1. The fourth-order valence-corrected chi connectivity index (χ4v) is 4.02. The number of anilines is 1. The van der Waals surface area contributed by atoms with E-state index < -0.39 is 24.5 Å².